The molecule has 2 aliphatic rings. The molecular formula is C22H31Cl2N3O2. The van der Waals surface area contributed by atoms with E-state index in [1.807, 2.05) is 17.0 Å². The Morgan fingerprint density at radius 3 is 2.31 bits per heavy atom. The van der Waals surface area contributed by atoms with Crippen molar-refractivity contribution in [2.75, 3.05) is 13.1 Å². The molecule has 0 unspecified atom stereocenters. The second kappa shape index (κ2) is 11.1. The Bertz CT molecular complexity index is 699. The van der Waals surface area contributed by atoms with Crippen LogP contribution in [0.15, 0.2) is 18.2 Å². The molecule has 1 aromatic carbocycles. The van der Waals surface area contributed by atoms with Gasteiger partial charge in [-0.15, -0.1) is 0 Å². The predicted octanol–water partition coefficient (Wildman–Crippen LogP) is 4.94. The highest BCUT2D eigenvalue weighted by molar-refractivity contribution is 6.42. The number of urea groups is 1. The van der Waals surface area contributed by atoms with Crippen molar-refractivity contribution in [1.29, 1.82) is 0 Å². The molecule has 0 aromatic heterocycles. The fraction of sp³-hybridized carbons (Fsp3) is 0.636. The molecule has 1 saturated carbocycles. The van der Waals surface area contributed by atoms with Crippen LogP contribution in [0, 0.1) is 0 Å². The van der Waals surface area contributed by atoms with Crippen molar-refractivity contribution in [3.8, 4) is 0 Å². The van der Waals surface area contributed by atoms with E-state index in [1.165, 1.54) is 19.3 Å². The van der Waals surface area contributed by atoms with Gasteiger partial charge in [-0.1, -0.05) is 48.5 Å². The Labute approximate surface area is 183 Å². The molecule has 3 rings (SSSR count). The summed E-state index contributed by atoms with van der Waals surface area (Å²) in [7, 11) is 0. The van der Waals surface area contributed by atoms with Gasteiger partial charge in [0.05, 0.1) is 10.0 Å². The lowest BCUT2D eigenvalue weighted by atomic mass is 9.95. The zero-order valence-corrected chi connectivity index (χ0v) is 18.4. The first kappa shape index (κ1) is 22.2. The number of carbonyl (C=O) groups is 2. The summed E-state index contributed by atoms with van der Waals surface area (Å²) in [6.45, 7) is 1.40. The van der Waals surface area contributed by atoms with Gasteiger partial charge in [-0.05, 0) is 56.2 Å². The summed E-state index contributed by atoms with van der Waals surface area (Å²) in [5.74, 6) is 0.0789. The van der Waals surface area contributed by atoms with Crippen molar-refractivity contribution in [3.63, 3.8) is 0 Å². The number of carbonyl (C=O) groups excluding carboxylic acids is 2. The van der Waals surface area contributed by atoms with Crippen LogP contribution in [0.3, 0.4) is 0 Å². The fourth-order valence-electron chi connectivity index (χ4n) is 4.19. The lowest BCUT2D eigenvalue weighted by Gasteiger charge is -2.34. The van der Waals surface area contributed by atoms with E-state index in [0.717, 1.165) is 44.1 Å². The number of rotatable bonds is 6. The average molecular weight is 440 g/mol. The monoisotopic (exact) mass is 439 g/mol. The van der Waals surface area contributed by atoms with Crippen LogP contribution in [0.2, 0.25) is 10.0 Å². The van der Waals surface area contributed by atoms with E-state index in [-0.39, 0.29) is 18.0 Å². The molecule has 160 valence electrons. The Balaban J connectivity index is 1.31. The number of nitrogens with zero attached hydrogens (tertiary/aromatic N) is 1. The summed E-state index contributed by atoms with van der Waals surface area (Å²) in [5.41, 5.74) is 1.09. The van der Waals surface area contributed by atoms with Gasteiger partial charge in [0.25, 0.3) is 0 Å². The maximum absolute atomic E-state index is 12.4. The molecule has 1 aliphatic carbocycles. The summed E-state index contributed by atoms with van der Waals surface area (Å²) < 4.78 is 0. The smallest absolute Gasteiger partial charge is 0.317 e. The minimum atomic E-state index is 0.0586. The number of hydrogen-bond donors (Lipinski definition) is 2. The second-order valence-corrected chi connectivity index (χ2v) is 9.03. The summed E-state index contributed by atoms with van der Waals surface area (Å²) >= 11 is 12.0. The van der Waals surface area contributed by atoms with Crippen molar-refractivity contribution in [2.45, 2.75) is 76.3 Å². The highest BCUT2D eigenvalue weighted by Crippen LogP contribution is 2.23. The molecule has 1 heterocycles. The third-order valence-electron chi connectivity index (χ3n) is 5.93. The van der Waals surface area contributed by atoms with E-state index in [9.17, 15) is 9.59 Å². The number of amides is 3. The van der Waals surface area contributed by atoms with E-state index in [1.54, 1.807) is 6.07 Å². The zero-order valence-electron chi connectivity index (χ0n) is 16.9. The topological polar surface area (TPSA) is 61.4 Å². The normalized spacial score (nSPS) is 18.5. The maximum atomic E-state index is 12.4. The van der Waals surface area contributed by atoms with Crippen LogP contribution < -0.4 is 10.6 Å². The molecule has 5 nitrogen and oxygen atoms in total. The van der Waals surface area contributed by atoms with Gasteiger partial charge in [0.1, 0.15) is 0 Å². The van der Waals surface area contributed by atoms with Crippen LogP contribution in [0.25, 0.3) is 0 Å². The molecule has 0 radical (unpaired) electrons. The predicted molar refractivity (Wildman–Crippen MR) is 118 cm³/mol. The lowest BCUT2D eigenvalue weighted by Crippen LogP contribution is -2.51. The molecule has 2 N–H and O–H groups in total. The van der Waals surface area contributed by atoms with Crippen LogP contribution in [-0.2, 0) is 11.2 Å². The van der Waals surface area contributed by atoms with Gasteiger partial charge in [0.2, 0.25) is 5.91 Å². The van der Waals surface area contributed by atoms with E-state index >= 15 is 0 Å². The van der Waals surface area contributed by atoms with Crippen molar-refractivity contribution >= 4 is 35.1 Å². The summed E-state index contributed by atoms with van der Waals surface area (Å²) in [6.07, 6.45) is 9.59. The summed E-state index contributed by atoms with van der Waals surface area (Å²) in [4.78, 5) is 26.6. The number of nitrogens with one attached hydrogen (secondary N) is 2. The number of halogens is 2. The molecular weight excluding hydrogens is 409 g/mol. The average Bonchev–Trinajstić information content (AvgIpc) is 2.72. The van der Waals surface area contributed by atoms with Gasteiger partial charge in [-0.25, -0.2) is 4.79 Å². The Kier molecular flexibility index (Phi) is 8.49. The van der Waals surface area contributed by atoms with Crippen LogP contribution in [0.5, 0.6) is 0 Å². The van der Waals surface area contributed by atoms with Crippen LogP contribution in [0.1, 0.15) is 63.4 Å². The fourth-order valence-corrected chi connectivity index (χ4v) is 4.51. The molecule has 1 aliphatic heterocycles. The molecule has 0 atom stereocenters. The minimum Gasteiger partial charge on any atom is -0.353 e. The first-order valence-electron chi connectivity index (χ1n) is 10.8. The van der Waals surface area contributed by atoms with Gasteiger partial charge >= 0.3 is 6.03 Å². The minimum absolute atomic E-state index is 0.0586. The highest BCUT2D eigenvalue weighted by Gasteiger charge is 2.25. The SMILES string of the molecule is O=C(CCCc1ccc(Cl)c(Cl)c1)NC1CCN(C(=O)NC2CCCCC2)CC1. The van der Waals surface area contributed by atoms with Crippen LogP contribution in [-0.4, -0.2) is 42.0 Å². The number of likely N-dealkylation sites (tertiary alicyclic amines) is 1. The van der Waals surface area contributed by atoms with Crippen molar-refractivity contribution in [1.82, 2.24) is 15.5 Å². The third-order valence-corrected chi connectivity index (χ3v) is 6.67. The van der Waals surface area contributed by atoms with Crippen molar-refractivity contribution in [3.05, 3.63) is 33.8 Å². The zero-order chi connectivity index (χ0) is 20.6. The molecule has 1 aromatic rings. The quantitative estimate of drug-likeness (QED) is 0.658. The first-order chi connectivity index (χ1) is 14.0. The molecule has 7 heteroatoms. The lowest BCUT2D eigenvalue weighted by molar-refractivity contribution is -0.122. The van der Waals surface area contributed by atoms with E-state index in [4.69, 9.17) is 23.2 Å². The molecule has 3 amide bonds. The Morgan fingerprint density at radius 1 is 0.931 bits per heavy atom. The van der Waals surface area contributed by atoms with Gasteiger partial charge in [0.15, 0.2) is 0 Å². The number of hydrogen-bond acceptors (Lipinski definition) is 2. The van der Waals surface area contributed by atoms with Crippen LogP contribution >= 0.6 is 23.2 Å². The highest BCUT2D eigenvalue weighted by atomic mass is 35.5. The summed E-state index contributed by atoms with van der Waals surface area (Å²) in [6, 6.07) is 6.15. The summed E-state index contributed by atoms with van der Waals surface area (Å²) in [5, 5.41) is 7.40. The van der Waals surface area contributed by atoms with Gasteiger partial charge in [-0.3, -0.25) is 4.79 Å². The Hall–Kier alpha value is -1.46. The van der Waals surface area contributed by atoms with Gasteiger partial charge in [0, 0.05) is 31.6 Å². The number of piperidine rings is 1. The number of benzene rings is 1. The molecule has 2 fully saturated rings. The van der Waals surface area contributed by atoms with Crippen molar-refractivity contribution in [2.24, 2.45) is 0 Å². The standard InChI is InChI=1S/C22H31Cl2N3O2/c23-19-10-9-16(15-20(19)24)5-4-8-21(28)25-18-11-13-27(14-12-18)22(29)26-17-6-2-1-3-7-17/h9-10,15,17-18H,1-8,11-14H2,(H,25,28)(H,26,29). The first-order valence-corrected chi connectivity index (χ1v) is 11.6. The van der Waals surface area contributed by atoms with E-state index in [2.05, 4.69) is 10.6 Å². The molecule has 0 bridgehead atoms. The molecule has 29 heavy (non-hydrogen) atoms. The third kappa shape index (κ3) is 7.07. The van der Waals surface area contributed by atoms with Crippen LogP contribution in [0.4, 0.5) is 4.79 Å². The van der Waals surface area contributed by atoms with E-state index in [0.29, 0.717) is 35.6 Å². The maximum Gasteiger partial charge on any atom is 0.317 e. The molecule has 0 spiro atoms. The molecule has 1 saturated heterocycles. The van der Waals surface area contributed by atoms with E-state index < -0.39 is 0 Å². The van der Waals surface area contributed by atoms with Crippen molar-refractivity contribution < 1.29 is 9.59 Å². The number of aryl methyl sites for hydroxylation is 1. The second-order valence-electron chi connectivity index (χ2n) is 8.22. The largest absolute Gasteiger partial charge is 0.353 e. The van der Waals surface area contributed by atoms with Gasteiger partial charge < -0.3 is 15.5 Å². The van der Waals surface area contributed by atoms with Gasteiger partial charge in [-0.2, -0.15) is 0 Å². The Morgan fingerprint density at radius 2 is 1.62 bits per heavy atom.